The van der Waals surface area contributed by atoms with Crippen LogP contribution in [0.3, 0.4) is 0 Å². The van der Waals surface area contributed by atoms with Crippen LogP contribution in [-0.4, -0.2) is 133 Å². The maximum atomic E-state index is 17.1. The number of piperazine rings is 1. The number of pyridine rings is 1. The topological polar surface area (TPSA) is 198 Å². The molecular weight excluding hydrogens is 1010 g/mol. The summed E-state index contributed by atoms with van der Waals surface area (Å²) in [5.41, 5.74) is 4.04. The van der Waals surface area contributed by atoms with Gasteiger partial charge < -0.3 is 45.6 Å². The predicted octanol–water partition coefficient (Wildman–Crippen LogP) is 7.79. The Morgan fingerprint density at radius 2 is 1.71 bits per heavy atom. The van der Waals surface area contributed by atoms with E-state index in [4.69, 9.17) is 16.1 Å². The van der Waals surface area contributed by atoms with Gasteiger partial charge in [-0.1, -0.05) is 69.9 Å². The van der Waals surface area contributed by atoms with E-state index in [9.17, 15) is 24.6 Å². The van der Waals surface area contributed by atoms with Crippen molar-refractivity contribution in [1.82, 2.24) is 45.7 Å². The van der Waals surface area contributed by atoms with Crippen molar-refractivity contribution in [3.8, 4) is 45.8 Å². The molecular formula is C59H68F2N10O6S. The average Bonchev–Trinajstić information content (AvgIpc) is 4.25. The minimum absolute atomic E-state index is 0.00700. The number of likely N-dealkylation sites (tertiary alicyclic amines) is 2. The van der Waals surface area contributed by atoms with Crippen LogP contribution in [-0.2, 0) is 20.9 Å². The smallest absolute Gasteiger partial charge is 0.319 e. The number of terminal acetylenes is 1. The van der Waals surface area contributed by atoms with E-state index in [1.165, 1.54) is 35.4 Å². The van der Waals surface area contributed by atoms with Gasteiger partial charge in [-0.25, -0.2) is 13.8 Å². The molecule has 7 heterocycles. The number of aliphatic hydroxyl groups excluding tert-OH is 1. The van der Waals surface area contributed by atoms with Crippen LogP contribution < -0.4 is 25.6 Å². The van der Waals surface area contributed by atoms with Crippen LogP contribution in [0.1, 0.15) is 102 Å². The van der Waals surface area contributed by atoms with Crippen molar-refractivity contribution < 1.29 is 38.1 Å². The number of rotatable bonds is 17. The molecule has 0 aliphatic carbocycles. The summed E-state index contributed by atoms with van der Waals surface area (Å²) in [6, 6.07) is 12.3. The quantitative estimate of drug-likeness (QED) is 0.0439. The molecule has 16 nitrogen and oxygen atoms in total. The third kappa shape index (κ3) is 11.9. The van der Waals surface area contributed by atoms with Gasteiger partial charge in [-0.05, 0) is 92.1 Å². The lowest BCUT2D eigenvalue weighted by atomic mass is 9.85. The number of aromatic nitrogens is 4. The maximum absolute atomic E-state index is 17.1. The number of unbranched alkanes of at least 4 members (excludes halogenated alkanes) is 3. The molecule has 78 heavy (non-hydrogen) atoms. The monoisotopic (exact) mass is 1080 g/mol. The number of anilines is 1. The summed E-state index contributed by atoms with van der Waals surface area (Å²) < 4.78 is 38.6. The minimum Gasteiger partial charge on any atom is -0.508 e. The third-order valence-electron chi connectivity index (χ3n) is 15.8. The number of hydrogen-bond acceptors (Lipinski definition) is 14. The fourth-order valence-corrected chi connectivity index (χ4v) is 12.4. The van der Waals surface area contributed by atoms with E-state index < -0.39 is 35.2 Å². The van der Waals surface area contributed by atoms with Crippen molar-refractivity contribution in [2.75, 3.05) is 44.2 Å². The van der Waals surface area contributed by atoms with E-state index in [0.717, 1.165) is 73.4 Å². The summed E-state index contributed by atoms with van der Waals surface area (Å²) in [4.78, 5) is 66.6. The Balaban J connectivity index is 0.707. The molecule has 3 aromatic heterocycles. The Bertz CT molecular complexity index is 3230. The van der Waals surface area contributed by atoms with E-state index in [1.54, 1.807) is 11.3 Å². The number of β-amino-alcohol motifs (C(OH)–C–C–N with tert-alkyl or cyclic N) is 1. The largest absolute Gasteiger partial charge is 0.508 e. The van der Waals surface area contributed by atoms with Gasteiger partial charge in [-0.15, -0.1) is 17.8 Å². The highest BCUT2D eigenvalue weighted by molar-refractivity contribution is 7.13. The number of nitrogens with zero attached hydrogens (tertiary/aromatic N) is 7. The third-order valence-corrected chi connectivity index (χ3v) is 16.7. The molecule has 2 unspecified atom stereocenters. The Kier molecular flexibility index (Phi) is 16.2. The Morgan fingerprint density at radius 3 is 2.41 bits per heavy atom. The fraction of sp³-hybridized carbons (Fsp3) is 0.475. The number of nitrogens with one attached hydrogen (secondary N) is 3. The highest BCUT2D eigenvalue weighted by atomic mass is 32.1. The zero-order valence-corrected chi connectivity index (χ0v) is 45.5. The van der Waals surface area contributed by atoms with Crippen molar-refractivity contribution in [1.29, 1.82) is 0 Å². The SMILES string of the molecule is C#Cc1c(F)ccc2cc(O)cc(-c3ncc4c(N5CC6CCC(C5)N6)nc(OC5CCN(CCCCCCC(=O)N[C@H](C(=O)N6C[C@H](O)C[C@H]6C(=O)NCc6ccc(-c7scnc7C)cc6)C(C)(C)C)CC5)nc4c3F)c12. The number of phenolic OH excluding ortho intramolecular Hbond substituents is 1. The zero-order chi connectivity index (χ0) is 54.8. The van der Waals surface area contributed by atoms with Crippen LogP contribution in [0.5, 0.6) is 11.8 Å². The fourth-order valence-electron chi connectivity index (χ4n) is 11.6. The molecule has 19 heteroatoms. The van der Waals surface area contributed by atoms with Crippen molar-refractivity contribution in [2.24, 2.45) is 5.41 Å². The molecule has 3 aromatic carbocycles. The van der Waals surface area contributed by atoms with Crippen molar-refractivity contribution >= 4 is 56.6 Å². The summed E-state index contributed by atoms with van der Waals surface area (Å²) >= 11 is 1.57. The van der Waals surface area contributed by atoms with E-state index in [1.807, 2.05) is 57.5 Å². The second-order valence-corrected chi connectivity index (χ2v) is 23.3. The number of amides is 3. The lowest BCUT2D eigenvalue weighted by Gasteiger charge is -2.35. The second-order valence-electron chi connectivity index (χ2n) is 22.5. The lowest BCUT2D eigenvalue weighted by Crippen LogP contribution is -2.57. The Hall–Kier alpha value is -6.85. The lowest BCUT2D eigenvalue weighted by molar-refractivity contribution is -0.144. The highest BCUT2D eigenvalue weighted by Crippen LogP contribution is 2.40. The van der Waals surface area contributed by atoms with Crippen LogP contribution in [0.25, 0.3) is 43.4 Å². The van der Waals surface area contributed by atoms with Crippen LogP contribution in [0.15, 0.2) is 60.2 Å². The van der Waals surface area contributed by atoms with Gasteiger partial charge in [0.15, 0.2) is 5.82 Å². The predicted molar refractivity (Wildman–Crippen MR) is 297 cm³/mol. The first kappa shape index (κ1) is 54.5. The molecule has 10 rings (SSSR count). The molecule has 5 atom stereocenters. The molecule has 0 radical (unpaired) electrons. The molecule has 3 amide bonds. The van der Waals surface area contributed by atoms with E-state index in [0.29, 0.717) is 48.9 Å². The van der Waals surface area contributed by atoms with E-state index >= 15 is 8.78 Å². The number of phenols is 1. The normalized spacial score (nSPS) is 20.3. The number of fused-ring (bicyclic) bond motifs is 4. The number of piperidine rings is 1. The van der Waals surface area contributed by atoms with Crippen LogP contribution in [0.4, 0.5) is 14.6 Å². The molecule has 4 fully saturated rings. The van der Waals surface area contributed by atoms with Crippen LogP contribution >= 0.6 is 11.3 Å². The van der Waals surface area contributed by atoms with Gasteiger partial charge >= 0.3 is 6.01 Å². The summed E-state index contributed by atoms with van der Waals surface area (Å²) in [7, 11) is 0. The number of ether oxygens (including phenoxy) is 1. The first-order chi connectivity index (χ1) is 37.5. The number of aliphatic hydroxyl groups is 1. The molecule has 5 N–H and O–H groups in total. The summed E-state index contributed by atoms with van der Waals surface area (Å²) in [5.74, 6) is 0.412. The summed E-state index contributed by atoms with van der Waals surface area (Å²) in [5, 5.41) is 32.1. The molecule has 0 spiro atoms. The first-order valence-electron chi connectivity index (χ1n) is 27.2. The molecule has 410 valence electrons. The van der Waals surface area contributed by atoms with Crippen molar-refractivity contribution in [3.63, 3.8) is 0 Å². The number of hydrogen-bond donors (Lipinski definition) is 5. The van der Waals surface area contributed by atoms with Crippen LogP contribution in [0.2, 0.25) is 0 Å². The van der Waals surface area contributed by atoms with E-state index in [-0.39, 0.29) is 101 Å². The average molecular weight is 1080 g/mol. The molecule has 6 aromatic rings. The molecule has 4 aliphatic heterocycles. The van der Waals surface area contributed by atoms with Gasteiger partial charge in [0.1, 0.15) is 46.8 Å². The zero-order valence-electron chi connectivity index (χ0n) is 44.7. The molecule has 2 bridgehead atoms. The second kappa shape index (κ2) is 23.2. The number of benzene rings is 3. The number of halogens is 2. The summed E-state index contributed by atoms with van der Waals surface area (Å²) in [6.07, 6.45) is 13.4. The number of carbonyl (C=O) groups is 3. The number of aryl methyl sites for hydroxylation is 1. The van der Waals surface area contributed by atoms with Gasteiger partial charge in [0.05, 0.1) is 33.1 Å². The molecule has 4 saturated heterocycles. The minimum atomic E-state index is -0.891. The summed E-state index contributed by atoms with van der Waals surface area (Å²) in [6.45, 7) is 11.7. The van der Waals surface area contributed by atoms with Gasteiger partial charge in [0, 0.05) is 81.3 Å². The van der Waals surface area contributed by atoms with Crippen LogP contribution in [0, 0.1) is 36.3 Å². The number of thiazole rings is 1. The van der Waals surface area contributed by atoms with Gasteiger partial charge in [0.2, 0.25) is 17.7 Å². The number of carbonyl (C=O) groups excluding carboxylic acids is 3. The first-order valence-corrected chi connectivity index (χ1v) is 28.1. The van der Waals surface area contributed by atoms with Gasteiger partial charge in [-0.3, -0.25) is 19.4 Å². The Labute approximate surface area is 457 Å². The van der Waals surface area contributed by atoms with Gasteiger partial charge in [-0.2, -0.15) is 9.97 Å². The van der Waals surface area contributed by atoms with Crippen molar-refractivity contribution in [3.05, 3.63) is 88.7 Å². The standard InChI is InChI=1S/C59H68F2N10O6S/c1-6-43-46(60)19-16-37-25-40(72)26-44(49(37)43)51-50(61)52-45(29-62-51)55(70-30-38-17-18-39(31-70)65-38)68-58(67-52)77-42-20-23-69(24-21-42)22-10-8-7-9-11-48(74)66-54(59(3,4)5)57(76)71-32-41(73)27-47(71)56(75)63-28-35-12-14-36(15-13-35)53-34(2)64-33-78-53/h1,12-16,19,25-26,29,33,38-39,41-42,47,54,65,72-73H,7-11,17-18,20-24,27-28,30-32H2,2-5H3,(H,63,75)(H,66,74)/t38?,39?,41-,47+,54-/m1/s1. The van der Waals surface area contributed by atoms with E-state index in [2.05, 4.69) is 46.6 Å². The number of aromatic hydroxyl groups is 1. The molecule has 4 aliphatic rings. The maximum Gasteiger partial charge on any atom is 0.319 e. The highest BCUT2D eigenvalue weighted by Gasteiger charge is 2.44. The van der Waals surface area contributed by atoms with Crippen molar-refractivity contribution in [2.45, 2.75) is 135 Å². The Morgan fingerprint density at radius 1 is 0.962 bits per heavy atom. The molecule has 0 saturated carbocycles. The van der Waals surface area contributed by atoms with Gasteiger partial charge in [0.25, 0.3) is 0 Å².